The molecule has 2 N–H and O–H groups in total. The number of hydrogen-bond donors (Lipinski definition) is 1. The lowest BCUT2D eigenvalue weighted by atomic mass is 10.2. The summed E-state index contributed by atoms with van der Waals surface area (Å²) in [5.74, 6) is 0.586. The molecule has 7 heteroatoms. The van der Waals surface area contributed by atoms with E-state index >= 15 is 0 Å². The molecule has 2 rings (SSSR count). The van der Waals surface area contributed by atoms with Gasteiger partial charge in [-0.25, -0.2) is 4.68 Å². The van der Waals surface area contributed by atoms with Gasteiger partial charge in [0, 0.05) is 17.8 Å². The maximum absolute atomic E-state index is 6.17. The fourth-order valence-electron chi connectivity index (χ4n) is 1.63. The van der Waals surface area contributed by atoms with E-state index in [2.05, 4.69) is 22.4 Å². The standard InChI is InChI=1S/C11H13Cl2N5/c1-2-3-4-18-11(15-16-17-18)8-5-7(14)6-9(12)10(8)13/h5-6H,2-4,14H2,1H3. The minimum Gasteiger partial charge on any atom is -0.399 e. The third-order valence-corrected chi connectivity index (χ3v) is 3.35. The fourth-order valence-corrected chi connectivity index (χ4v) is 2.05. The van der Waals surface area contributed by atoms with Gasteiger partial charge in [-0.2, -0.15) is 0 Å². The summed E-state index contributed by atoms with van der Waals surface area (Å²) in [6.07, 6.45) is 2.05. The summed E-state index contributed by atoms with van der Waals surface area (Å²) in [7, 11) is 0. The Morgan fingerprint density at radius 2 is 2.11 bits per heavy atom. The summed E-state index contributed by atoms with van der Waals surface area (Å²) >= 11 is 12.2. The summed E-state index contributed by atoms with van der Waals surface area (Å²) in [6, 6.07) is 3.33. The van der Waals surface area contributed by atoms with E-state index in [0.29, 0.717) is 27.1 Å². The first-order chi connectivity index (χ1) is 8.63. The van der Waals surface area contributed by atoms with Crippen molar-refractivity contribution in [2.45, 2.75) is 26.3 Å². The average Bonchev–Trinajstić information content (AvgIpc) is 2.79. The van der Waals surface area contributed by atoms with E-state index in [1.54, 1.807) is 16.8 Å². The zero-order valence-corrected chi connectivity index (χ0v) is 11.4. The molecule has 0 aliphatic carbocycles. The quantitative estimate of drug-likeness (QED) is 0.877. The maximum atomic E-state index is 6.17. The minimum absolute atomic E-state index is 0.400. The van der Waals surface area contributed by atoms with Gasteiger partial charge in [-0.05, 0) is 29.0 Å². The Bertz CT molecular complexity index is 552. The van der Waals surface area contributed by atoms with Crippen molar-refractivity contribution in [3.05, 3.63) is 22.2 Å². The zero-order valence-electron chi connectivity index (χ0n) is 9.90. The van der Waals surface area contributed by atoms with Crippen LogP contribution >= 0.6 is 23.2 Å². The Kier molecular flexibility index (Phi) is 4.04. The first-order valence-electron chi connectivity index (χ1n) is 5.64. The largest absolute Gasteiger partial charge is 0.399 e. The van der Waals surface area contributed by atoms with Crippen molar-refractivity contribution in [2.24, 2.45) is 0 Å². The van der Waals surface area contributed by atoms with Crippen LogP contribution in [0.2, 0.25) is 10.0 Å². The van der Waals surface area contributed by atoms with Crippen LogP contribution in [0.5, 0.6) is 0 Å². The Hall–Kier alpha value is -1.33. The molecular weight excluding hydrogens is 273 g/mol. The Labute approximate surface area is 115 Å². The van der Waals surface area contributed by atoms with Gasteiger partial charge in [0.2, 0.25) is 0 Å². The third-order valence-electron chi connectivity index (χ3n) is 2.55. The molecule has 0 fully saturated rings. The van der Waals surface area contributed by atoms with E-state index in [1.807, 2.05) is 0 Å². The molecule has 5 nitrogen and oxygen atoms in total. The number of nitrogens with two attached hydrogens (primary N) is 1. The molecule has 1 aromatic heterocycles. The molecule has 1 aromatic carbocycles. The van der Waals surface area contributed by atoms with Gasteiger partial charge in [0.25, 0.3) is 0 Å². The lowest BCUT2D eigenvalue weighted by molar-refractivity contribution is 0.557. The van der Waals surface area contributed by atoms with E-state index in [4.69, 9.17) is 28.9 Å². The topological polar surface area (TPSA) is 69.6 Å². The van der Waals surface area contributed by atoms with E-state index in [1.165, 1.54) is 0 Å². The van der Waals surface area contributed by atoms with Crippen LogP contribution < -0.4 is 5.73 Å². The smallest absolute Gasteiger partial charge is 0.183 e. The lowest BCUT2D eigenvalue weighted by Crippen LogP contribution is -2.03. The number of nitrogen functional groups attached to an aromatic ring is 1. The fraction of sp³-hybridized carbons (Fsp3) is 0.364. The van der Waals surface area contributed by atoms with Crippen molar-refractivity contribution in [1.82, 2.24) is 20.2 Å². The summed E-state index contributed by atoms with van der Waals surface area (Å²) in [5.41, 5.74) is 6.95. The Morgan fingerprint density at radius 3 is 2.83 bits per heavy atom. The van der Waals surface area contributed by atoms with Gasteiger partial charge < -0.3 is 5.73 Å². The number of benzene rings is 1. The van der Waals surface area contributed by atoms with Gasteiger partial charge >= 0.3 is 0 Å². The SMILES string of the molecule is CCCCn1nnnc1-c1cc(N)cc(Cl)c1Cl. The summed E-state index contributed by atoms with van der Waals surface area (Å²) in [4.78, 5) is 0. The summed E-state index contributed by atoms with van der Waals surface area (Å²) in [6.45, 7) is 2.84. The highest BCUT2D eigenvalue weighted by molar-refractivity contribution is 6.43. The van der Waals surface area contributed by atoms with Crippen LogP contribution in [0.15, 0.2) is 12.1 Å². The molecule has 0 amide bonds. The van der Waals surface area contributed by atoms with Crippen LogP contribution in [0.25, 0.3) is 11.4 Å². The number of hydrogen-bond acceptors (Lipinski definition) is 4. The molecule has 0 aliphatic rings. The molecule has 0 aliphatic heterocycles. The van der Waals surface area contributed by atoms with Crippen molar-refractivity contribution in [3.63, 3.8) is 0 Å². The Balaban J connectivity index is 2.45. The third kappa shape index (κ3) is 2.57. The number of aromatic nitrogens is 4. The predicted molar refractivity (Wildman–Crippen MR) is 72.6 cm³/mol. The maximum Gasteiger partial charge on any atom is 0.183 e. The molecule has 0 spiro atoms. The Morgan fingerprint density at radius 1 is 1.33 bits per heavy atom. The van der Waals surface area contributed by atoms with Crippen molar-refractivity contribution < 1.29 is 0 Å². The van der Waals surface area contributed by atoms with Gasteiger partial charge in [0.15, 0.2) is 5.82 Å². The van der Waals surface area contributed by atoms with Gasteiger partial charge in [0.05, 0.1) is 10.0 Å². The van der Waals surface area contributed by atoms with Crippen LogP contribution in [-0.4, -0.2) is 20.2 Å². The second-order valence-electron chi connectivity index (χ2n) is 3.94. The second kappa shape index (κ2) is 5.54. The van der Waals surface area contributed by atoms with E-state index < -0.39 is 0 Å². The molecule has 0 bridgehead atoms. The minimum atomic E-state index is 0.400. The van der Waals surface area contributed by atoms with Gasteiger partial charge in [-0.1, -0.05) is 36.5 Å². The zero-order chi connectivity index (χ0) is 13.1. The predicted octanol–water partition coefficient (Wildman–Crippen LogP) is 3.03. The first kappa shape index (κ1) is 13.1. The number of nitrogens with zero attached hydrogens (tertiary/aromatic N) is 4. The van der Waals surface area contributed by atoms with Crippen LogP contribution in [0.1, 0.15) is 19.8 Å². The number of rotatable bonds is 4. The van der Waals surface area contributed by atoms with E-state index in [0.717, 1.165) is 19.4 Å². The molecule has 0 unspecified atom stereocenters. The lowest BCUT2D eigenvalue weighted by Gasteiger charge is -2.07. The average molecular weight is 286 g/mol. The van der Waals surface area contributed by atoms with Crippen molar-refractivity contribution in [1.29, 1.82) is 0 Å². The number of aryl methyl sites for hydroxylation is 1. The molecule has 96 valence electrons. The monoisotopic (exact) mass is 285 g/mol. The number of unbranched alkanes of at least 4 members (excludes halogenated alkanes) is 1. The normalized spacial score (nSPS) is 10.8. The van der Waals surface area contributed by atoms with Crippen LogP contribution in [0.3, 0.4) is 0 Å². The van der Waals surface area contributed by atoms with Crippen LogP contribution in [0, 0.1) is 0 Å². The summed E-state index contributed by atoms with van der Waals surface area (Å²) < 4.78 is 1.71. The van der Waals surface area contributed by atoms with Crippen molar-refractivity contribution in [3.8, 4) is 11.4 Å². The number of anilines is 1. The highest BCUT2D eigenvalue weighted by Crippen LogP contribution is 2.34. The van der Waals surface area contributed by atoms with E-state index in [9.17, 15) is 0 Å². The molecule has 0 radical (unpaired) electrons. The summed E-state index contributed by atoms with van der Waals surface area (Å²) in [5, 5.41) is 12.4. The van der Waals surface area contributed by atoms with Crippen molar-refractivity contribution in [2.75, 3.05) is 5.73 Å². The molecule has 2 aromatic rings. The van der Waals surface area contributed by atoms with Gasteiger partial charge in [-0.3, -0.25) is 0 Å². The van der Waals surface area contributed by atoms with Gasteiger partial charge in [0.1, 0.15) is 0 Å². The van der Waals surface area contributed by atoms with Crippen LogP contribution in [-0.2, 0) is 6.54 Å². The molecule has 0 saturated carbocycles. The second-order valence-corrected chi connectivity index (χ2v) is 4.73. The van der Waals surface area contributed by atoms with Crippen LogP contribution in [0.4, 0.5) is 5.69 Å². The molecule has 1 heterocycles. The highest BCUT2D eigenvalue weighted by Gasteiger charge is 2.15. The molecule has 0 atom stereocenters. The molecular formula is C11H13Cl2N5. The number of halogens is 2. The first-order valence-corrected chi connectivity index (χ1v) is 6.40. The highest BCUT2D eigenvalue weighted by atomic mass is 35.5. The van der Waals surface area contributed by atoms with E-state index in [-0.39, 0.29) is 0 Å². The molecule has 0 saturated heterocycles. The number of tetrazole rings is 1. The molecule has 18 heavy (non-hydrogen) atoms. The van der Waals surface area contributed by atoms with Crippen molar-refractivity contribution >= 4 is 28.9 Å². The van der Waals surface area contributed by atoms with Gasteiger partial charge in [-0.15, -0.1) is 5.10 Å².